The zero-order valence-electron chi connectivity index (χ0n) is 24.2. The minimum absolute atomic E-state index is 0.176. The van der Waals surface area contributed by atoms with Crippen LogP contribution in [-0.2, 0) is 5.41 Å². The number of hydrogen-bond acceptors (Lipinski definition) is 4. The number of amidine groups is 1. The molecule has 0 aromatic heterocycles. The van der Waals surface area contributed by atoms with Crippen molar-refractivity contribution in [2.24, 2.45) is 26.4 Å². The average Bonchev–Trinajstić information content (AvgIpc) is 3.49. The summed E-state index contributed by atoms with van der Waals surface area (Å²) in [5, 5.41) is 6.92. The molecule has 4 heteroatoms. The number of hydrogen-bond donors (Lipinski definition) is 0. The van der Waals surface area contributed by atoms with Gasteiger partial charge in [0.25, 0.3) is 0 Å². The maximum Gasteiger partial charge on any atom is 0.151 e. The Hall–Kier alpha value is -3.79. The highest BCUT2D eigenvalue weighted by atomic mass is 15.5. The van der Waals surface area contributed by atoms with Gasteiger partial charge in [0, 0.05) is 23.3 Å². The summed E-state index contributed by atoms with van der Waals surface area (Å²) < 4.78 is 0. The predicted molar refractivity (Wildman–Crippen MR) is 169 cm³/mol. The van der Waals surface area contributed by atoms with Crippen LogP contribution in [0.4, 0.5) is 0 Å². The molecule has 2 heterocycles. The molecule has 2 unspecified atom stereocenters. The second-order valence-electron chi connectivity index (χ2n) is 12.6. The summed E-state index contributed by atoms with van der Waals surface area (Å²) in [5.41, 5.74) is 7.65. The first kappa shape index (κ1) is 26.4. The van der Waals surface area contributed by atoms with E-state index >= 15 is 0 Å². The number of fused-ring (bicyclic) bond motifs is 1. The van der Waals surface area contributed by atoms with Gasteiger partial charge < -0.3 is 0 Å². The topological polar surface area (TPSA) is 40.3 Å². The molecule has 0 N–H and O–H groups in total. The molecule has 2 atom stereocenters. The lowest BCUT2D eigenvalue weighted by atomic mass is 9.53. The third kappa shape index (κ3) is 5.20. The van der Waals surface area contributed by atoms with Crippen molar-refractivity contribution in [3.05, 3.63) is 113 Å². The molecule has 2 aromatic rings. The molecule has 0 radical (unpaired) electrons. The molecular formula is C36H40N4. The Morgan fingerprint density at radius 1 is 0.950 bits per heavy atom. The fraction of sp³-hybridized carbons (Fsp3) is 0.361. The third-order valence-electron chi connectivity index (χ3n) is 8.72. The highest BCUT2D eigenvalue weighted by molar-refractivity contribution is 6.32. The maximum absolute atomic E-state index is 5.44. The first-order valence-corrected chi connectivity index (χ1v) is 14.8. The van der Waals surface area contributed by atoms with Gasteiger partial charge in [-0.1, -0.05) is 101 Å². The summed E-state index contributed by atoms with van der Waals surface area (Å²) in [5.74, 6) is 1.26. The zero-order valence-corrected chi connectivity index (χ0v) is 24.2. The first-order chi connectivity index (χ1) is 19.4. The van der Waals surface area contributed by atoms with Gasteiger partial charge in [-0.05, 0) is 71.8 Å². The van der Waals surface area contributed by atoms with Gasteiger partial charge >= 0.3 is 0 Å². The molecule has 204 valence electrons. The van der Waals surface area contributed by atoms with Crippen LogP contribution < -0.4 is 0 Å². The van der Waals surface area contributed by atoms with Gasteiger partial charge in [-0.25, -0.2) is 10.0 Å². The van der Waals surface area contributed by atoms with E-state index in [4.69, 9.17) is 15.1 Å². The van der Waals surface area contributed by atoms with Crippen LogP contribution in [0.3, 0.4) is 0 Å². The van der Waals surface area contributed by atoms with Crippen molar-refractivity contribution in [1.82, 2.24) is 5.01 Å². The van der Waals surface area contributed by atoms with E-state index in [-0.39, 0.29) is 11.6 Å². The maximum atomic E-state index is 5.44. The monoisotopic (exact) mass is 528 g/mol. The molecule has 2 aliphatic heterocycles. The van der Waals surface area contributed by atoms with E-state index < -0.39 is 0 Å². The summed E-state index contributed by atoms with van der Waals surface area (Å²) in [4.78, 5) is 10.3. The highest BCUT2D eigenvalue weighted by Crippen LogP contribution is 2.55. The number of rotatable bonds is 5. The minimum Gasteiger partial charge on any atom is -0.257 e. The van der Waals surface area contributed by atoms with E-state index in [9.17, 15) is 0 Å². The van der Waals surface area contributed by atoms with Crippen LogP contribution in [-0.4, -0.2) is 28.9 Å². The zero-order chi connectivity index (χ0) is 27.7. The summed E-state index contributed by atoms with van der Waals surface area (Å²) in [7, 11) is 0. The lowest BCUT2D eigenvalue weighted by molar-refractivity contribution is 0.0717. The molecule has 2 aromatic carbocycles. The Kier molecular flexibility index (Phi) is 7.04. The molecule has 0 bridgehead atoms. The Balaban J connectivity index is 1.42. The summed E-state index contributed by atoms with van der Waals surface area (Å²) in [6.45, 7) is 9.32. The Morgan fingerprint density at radius 2 is 1.73 bits per heavy atom. The van der Waals surface area contributed by atoms with E-state index in [1.807, 2.05) is 23.5 Å². The molecule has 1 fully saturated rings. The Morgan fingerprint density at radius 3 is 2.40 bits per heavy atom. The van der Waals surface area contributed by atoms with Crippen molar-refractivity contribution in [1.29, 1.82) is 0 Å². The van der Waals surface area contributed by atoms with E-state index in [0.717, 1.165) is 47.5 Å². The molecule has 0 spiro atoms. The van der Waals surface area contributed by atoms with Gasteiger partial charge in [0.15, 0.2) is 5.84 Å². The smallest absolute Gasteiger partial charge is 0.151 e. The van der Waals surface area contributed by atoms with Gasteiger partial charge in [0.05, 0.1) is 11.9 Å². The van der Waals surface area contributed by atoms with Crippen LogP contribution >= 0.6 is 0 Å². The predicted octanol–water partition coefficient (Wildman–Crippen LogP) is 8.49. The molecule has 6 rings (SSSR count). The fourth-order valence-corrected chi connectivity index (χ4v) is 7.13. The summed E-state index contributed by atoms with van der Waals surface area (Å²) in [6.07, 6.45) is 20.2. The standard InChI is InChI=1S/C36H40N4/c1-5-32-39-34(28-17-19-30(20-18-28)36(4)24-35(2,3)25-36)31(27-14-7-6-8-15-27)16-11-21-37-33-22-29(23-38-40(32)33)26-12-9-10-13-26/h6-9,11-12,14-23,26,32H,5,10,13,24-25H2,1-4H3/b21-11+,31-16-,37-33?,39-34?. The largest absolute Gasteiger partial charge is 0.257 e. The van der Waals surface area contributed by atoms with Crippen molar-refractivity contribution in [2.75, 3.05) is 0 Å². The molecule has 0 saturated heterocycles. The minimum atomic E-state index is -0.176. The Bertz CT molecular complexity index is 1460. The quantitative estimate of drug-likeness (QED) is 0.359. The van der Waals surface area contributed by atoms with Gasteiger partial charge in [0.2, 0.25) is 0 Å². The molecule has 4 nitrogen and oxygen atoms in total. The Labute approximate surface area is 239 Å². The van der Waals surface area contributed by atoms with Crippen molar-refractivity contribution in [2.45, 2.75) is 71.4 Å². The summed E-state index contributed by atoms with van der Waals surface area (Å²) in [6, 6.07) is 19.7. The fourth-order valence-electron chi connectivity index (χ4n) is 7.13. The molecular weight excluding hydrogens is 488 g/mol. The van der Waals surface area contributed by atoms with Crippen LogP contribution in [0, 0.1) is 11.3 Å². The van der Waals surface area contributed by atoms with Crippen LogP contribution in [0.2, 0.25) is 0 Å². The number of hydrazone groups is 1. The van der Waals surface area contributed by atoms with Crippen molar-refractivity contribution in [3.8, 4) is 0 Å². The SMILES string of the molecule is CCC1N=C(c2ccc(C3(C)CC(C)(C)C3)cc2)/C(c2ccccc2)=C\C=C\N=C2C=C(C3C=CCC3)C=NN21. The first-order valence-electron chi connectivity index (χ1n) is 14.8. The van der Waals surface area contributed by atoms with Crippen LogP contribution in [0.1, 0.15) is 76.5 Å². The van der Waals surface area contributed by atoms with E-state index in [2.05, 4.69) is 107 Å². The van der Waals surface area contributed by atoms with Gasteiger partial charge in [-0.2, -0.15) is 5.10 Å². The van der Waals surface area contributed by atoms with Crippen LogP contribution in [0.15, 0.2) is 112 Å². The molecule has 40 heavy (non-hydrogen) atoms. The number of benzene rings is 2. The molecule has 2 aliphatic carbocycles. The van der Waals surface area contributed by atoms with Crippen molar-refractivity contribution in [3.63, 3.8) is 0 Å². The lowest BCUT2D eigenvalue weighted by Gasteiger charge is -2.52. The molecule has 1 saturated carbocycles. The number of aliphatic imine (C=N–C) groups is 2. The van der Waals surface area contributed by atoms with Crippen LogP contribution in [0.5, 0.6) is 0 Å². The van der Waals surface area contributed by atoms with Crippen LogP contribution in [0.25, 0.3) is 5.57 Å². The van der Waals surface area contributed by atoms with Gasteiger partial charge in [-0.15, -0.1) is 0 Å². The van der Waals surface area contributed by atoms with Crippen molar-refractivity contribution >= 4 is 23.3 Å². The van der Waals surface area contributed by atoms with E-state index in [1.165, 1.54) is 24.0 Å². The van der Waals surface area contributed by atoms with E-state index in [1.54, 1.807) is 0 Å². The van der Waals surface area contributed by atoms with E-state index in [0.29, 0.717) is 11.3 Å². The lowest BCUT2D eigenvalue weighted by Crippen LogP contribution is -2.44. The van der Waals surface area contributed by atoms with Gasteiger partial charge in [0.1, 0.15) is 6.17 Å². The summed E-state index contributed by atoms with van der Waals surface area (Å²) >= 11 is 0. The number of nitrogens with zero attached hydrogens (tertiary/aromatic N) is 4. The normalized spacial score (nSPS) is 26.9. The number of allylic oxidation sites excluding steroid dienone is 6. The van der Waals surface area contributed by atoms with Gasteiger partial charge in [-0.3, -0.25) is 4.99 Å². The third-order valence-corrected chi connectivity index (χ3v) is 8.72. The molecule has 0 amide bonds. The molecule has 4 aliphatic rings. The second kappa shape index (κ2) is 10.6. The second-order valence-corrected chi connectivity index (χ2v) is 12.6. The van der Waals surface area contributed by atoms with Crippen molar-refractivity contribution < 1.29 is 0 Å². The highest BCUT2D eigenvalue weighted by Gasteiger charge is 2.46. The average molecular weight is 529 g/mol.